The van der Waals surface area contributed by atoms with Crippen molar-refractivity contribution in [2.24, 2.45) is 0 Å². The Kier molecular flexibility index (Phi) is 7.23. The van der Waals surface area contributed by atoms with Gasteiger partial charge in [0.05, 0.1) is 12.5 Å². The van der Waals surface area contributed by atoms with Crippen LogP contribution in [0.5, 0.6) is 5.75 Å². The molecule has 0 radical (unpaired) electrons. The van der Waals surface area contributed by atoms with E-state index >= 15 is 0 Å². The molecular formula is C26H31FO4. The fourth-order valence-electron chi connectivity index (χ4n) is 4.81. The van der Waals surface area contributed by atoms with Gasteiger partial charge in [-0.05, 0) is 66.8 Å². The van der Waals surface area contributed by atoms with E-state index in [0.717, 1.165) is 36.1 Å². The van der Waals surface area contributed by atoms with Crippen LogP contribution in [0.3, 0.4) is 0 Å². The van der Waals surface area contributed by atoms with Gasteiger partial charge in [-0.15, -0.1) is 0 Å². The van der Waals surface area contributed by atoms with Crippen molar-refractivity contribution >= 4 is 5.97 Å². The molecule has 1 aliphatic heterocycles. The Morgan fingerprint density at radius 3 is 2.58 bits per heavy atom. The Morgan fingerprint density at radius 1 is 1.06 bits per heavy atom. The average Bonchev–Trinajstić information content (AvgIpc) is 3.28. The van der Waals surface area contributed by atoms with Crippen molar-refractivity contribution < 1.29 is 23.8 Å². The van der Waals surface area contributed by atoms with E-state index in [0.29, 0.717) is 12.3 Å². The lowest BCUT2D eigenvalue weighted by molar-refractivity contribution is -0.162. The predicted octanol–water partition coefficient (Wildman–Crippen LogP) is 5.10. The molecule has 0 amide bonds. The number of carbonyl (C=O) groups excluding carboxylic acids is 1. The van der Waals surface area contributed by atoms with Crippen molar-refractivity contribution in [1.82, 2.24) is 0 Å². The Bertz CT molecular complexity index is 873. The van der Waals surface area contributed by atoms with Crippen LogP contribution >= 0.6 is 0 Å². The molecule has 0 spiro atoms. The lowest BCUT2D eigenvalue weighted by Crippen LogP contribution is -2.36. The fraction of sp³-hybridized carbons (Fsp3) is 0.500. The number of halogens is 1. The van der Waals surface area contributed by atoms with E-state index in [1.165, 1.54) is 43.4 Å². The summed E-state index contributed by atoms with van der Waals surface area (Å²) < 4.78 is 24.8. The maximum Gasteiger partial charge on any atom is 0.308 e. The minimum atomic E-state index is -0.657. The van der Waals surface area contributed by atoms with Crippen molar-refractivity contribution in [2.75, 3.05) is 6.61 Å². The number of carbonyl (C=O) groups is 1. The molecule has 0 unspecified atom stereocenters. The van der Waals surface area contributed by atoms with Gasteiger partial charge in [0.25, 0.3) is 0 Å². The van der Waals surface area contributed by atoms with Crippen LogP contribution in [-0.4, -0.2) is 29.9 Å². The summed E-state index contributed by atoms with van der Waals surface area (Å²) in [6.07, 6.45) is 6.90. The molecule has 1 saturated heterocycles. The number of rotatable bonds is 8. The highest BCUT2D eigenvalue weighted by atomic mass is 19.1. The first kappa shape index (κ1) is 21.8. The Hall–Kier alpha value is -2.40. The summed E-state index contributed by atoms with van der Waals surface area (Å²) in [4.78, 5) is 11.7. The van der Waals surface area contributed by atoms with Gasteiger partial charge < -0.3 is 14.6 Å². The Balaban J connectivity index is 1.46. The second-order valence-electron chi connectivity index (χ2n) is 8.81. The van der Waals surface area contributed by atoms with Crippen LogP contribution in [0.25, 0.3) is 0 Å². The first-order valence-electron chi connectivity index (χ1n) is 11.4. The summed E-state index contributed by atoms with van der Waals surface area (Å²) in [6.45, 7) is 0.261. The van der Waals surface area contributed by atoms with Crippen LogP contribution in [0.4, 0.5) is 4.39 Å². The topological polar surface area (TPSA) is 55.8 Å². The minimum Gasteiger partial charge on any atom is -0.489 e. The summed E-state index contributed by atoms with van der Waals surface area (Å²) in [5, 5.41) is 9.89. The van der Waals surface area contributed by atoms with Crippen molar-refractivity contribution in [3.63, 3.8) is 0 Å². The molecule has 31 heavy (non-hydrogen) atoms. The normalized spacial score (nSPS) is 21.8. The quantitative estimate of drug-likeness (QED) is 0.597. The molecule has 1 N–H and O–H groups in total. The second-order valence-corrected chi connectivity index (χ2v) is 8.81. The monoisotopic (exact) mass is 426 g/mol. The van der Waals surface area contributed by atoms with Gasteiger partial charge in [0.15, 0.2) is 0 Å². The molecule has 2 fully saturated rings. The Morgan fingerprint density at radius 2 is 1.84 bits per heavy atom. The highest BCUT2D eigenvalue weighted by Gasteiger charge is 2.29. The number of hydrogen-bond acceptors (Lipinski definition) is 4. The van der Waals surface area contributed by atoms with Gasteiger partial charge in [-0.25, -0.2) is 4.39 Å². The largest absolute Gasteiger partial charge is 0.489 e. The highest BCUT2D eigenvalue weighted by molar-refractivity contribution is 5.71. The van der Waals surface area contributed by atoms with Crippen molar-refractivity contribution in [3.8, 4) is 5.75 Å². The number of cyclic esters (lactones) is 1. The molecule has 5 heteroatoms. The van der Waals surface area contributed by atoms with Crippen LogP contribution in [0, 0.1) is 5.82 Å². The third kappa shape index (κ3) is 5.85. The van der Waals surface area contributed by atoms with E-state index in [4.69, 9.17) is 9.47 Å². The zero-order chi connectivity index (χ0) is 21.6. The molecule has 0 aromatic heterocycles. The van der Waals surface area contributed by atoms with Gasteiger partial charge in [0.1, 0.15) is 24.3 Å². The summed E-state index contributed by atoms with van der Waals surface area (Å²) in [5.41, 5.74) is 3.53. The molecule has 1 heterocycles. The van der Waals surface area contributed by atoms with Crippen LogP contribution in [0.2, 0.25) is 0 Å². The number of esters is 1. The molecule has 0 bridgehead atoms. The molecule has 4 rings (SSSR count). The molecule has 1 aliphatic carbocycles. The van der Waals surface area contributed by atoms with E-state index in [1.807, 2.05) is 12.1 Å². The molecule has 4 nitrogen and oxygen atoms in total. The third-order valence-corrected chi connectivity index (χ3v) is 6.40. The number of hydrogen-bond donors (Lipinski definition) is 1. The number of ether oxygens (including phenoxy) is 2. The standard InChI is InChI=1S/C26H31FO4/c27-21-13-11-18(12-14-21)5-3-8-20-9-4-10-24(19-6-1-2-7-19)26(20)30-17-23-15-22(28)16-25(29)31-23/h4,9-14,19,22-23,28H,1-3,5-8,15-17H2/t22-,23+/m1/s1. The third-order valence-electron chi connectivity index (χ3n) is 6.40. The first-order valence-corrected chi connectivity index (χ1v) is 11.4. The maximum atomic E-state index is 13.1. The lowest BCUT2D eigenvalue weighted by atomic mass is 9.92. The molecule has 166 valence electrons. The average molecular weight is 427 g/mol. The number of para-hydroxylation sites is 1. The summed E-state index contributed by atoms with van der Waals surface area (Å²) in [5.74, 6) is 0.851. The van der Waals surface area contributed by atoms with E-state index in [2.05, 4.69) is 18.2 Å². The van der Waals surface area contributed by atoms with E-state index in [9.17, 15) is 14.3 Å². The van der Waals surface area contributed by atoms with Gasteiger partial charge in [-0.2, -0.15) is 0 Å². The smallest absolute Gasteiger partial charge is 0.308 e. The SMILES string of the molecule is O=C1C[C@H](O)C[C@@H](COc2c(CCCc3ccc(F)cc3)cccc2C2CCCC2)O1. The predicted molar refractivity (Wildman–Crippen MR) is 117 cm³/mol. The maximum absolute atomic E-state index is 13.1. The number of aliphatic hydroxyl groups excluding tert-OH is 1. The van der Waals surface area contributed by atoms with Gasteiger partial charge in [-0.1, -0.05) is 43.2 Å². The van der Waals surface area contributed by atoms with Crippen molar-refractivity contribution in [2.45, 2.75) is 75.9 Å². The number of aryl methyl sites for hydroxylation is 2. The van der Waals surface area contributed by atoms with Crippen molar-refractivity contribution in [1.29, 1.82) is 0 Å². The van der Waals surface area contributed by atoms with Crippen LogP contribution < -0.4 is 4.74 Å². The second kappa shape index (κ2) is 10.3. The van der Waals surface area contributed by atoms with E-state index in [-0.39, 0.29) is 24.8 Å². The molecule has 2 atom stereocenters. The van der Waals surface area contributed by atoms with Gasteiger partial charge >= 0.3 is 5.97 Å². The zero-order valence-corrected chi connectivity index (χ0v) is 17.9. The summed E-state index contributed by atoms with van der Waals surface area (Å²) in [6, 6.07) is 13.1. The summed E-state index contributed by atoms with van der Waals surface area (Å²) >= 11 is 0. The zero-order valence-electron chi connectivity index (χ0n) is 17.9. The number of benzene rings is 2. The van der Waals surface area contributed by atoms with Gasteiger partial charge in [0, 0.05) is 6.42 Å². The van der Waals surface area contributed by atoms with Crippen molar-refractivity contribution in [3.05, 3.63) is 65.0 Å². The first-order chi connectivity index (χ1) is 15.1. The molecule has 2 aromatic carbocycles. The fourth-order valence-corrected chi connectivity index (χ4v) is 4.81. The van der Waals surface area contributed by atoms with Gasteiger partial charge in [0.2, 0.25) is 0 Å². The van der Waals surface area contributed by atoms with Crippen LogP contribution in [0.1, 0.15) is 67.6 Å². The lowest BCUT2D eigenvalue weighted by Gasteiger charge is -2.27. The molecular weight excluding hydrogens is 395 g/mol. The van der Waals surface area contributed by atoms with E-state index < -0.39 is 12.2 Å². The molecule has 2 aromatic rings. The van der Waals surface area contributed by atoms with Crippen LogP contribution in [-0.2, 0) is 22.4 Å². The molecule has 2 aliphatic rings. The van der Waals surface area contributed by atoms with E-state index in [1.54, 1.807) is 0 Å². The van der Waals surface area contributed by atoms with Crippen LogP contribution in [0.15, 0.2) is 42.5 Å². The van der Waals surface area contributed by atoms with Gasteiger partial charge in [-0.3, -0.25) is 4.79 Å². The number of aliphatic hydroxyl groups is 1. The minimum absolute atomic E-state index is 0.0593. The Labute approximate surface area is 183 Å². The highest BCUT2D eigenvalue weighted by Crippen LogP contribution is 2.40. The summed E-state index contributed by atoms with van der Waals surface area (Å²) in [7, 11) is 0. The molecule has 1 saturated carbocycles.